The lowest BCUT2D eigenvalue weighted by molar-refractivity contribution is 1.18. The Kier molecular flexibility index (Phi) is 2.67. The predicted octanol–water partition coefficient (Wildman–Crippen LogP) is 2.24. The second kappa shape index (κ2) is 3.74. The standard InChI is InChI=1S/C11H10N2/c1-8-5-10(3-4-12)9(2)11(6-8)7-13/h5-6H,3H2,1-2H3. The van der Waals surface area contributed by atoms with E-state index >= 15 is 0 Å². The summed E-state index contributed by atoms with van der Waals surface area (Å²) in [6.07, 6.45) is 0.377. The highest BCUT2D eigenvalue weighted by atomic mass is 14.3. The first-order chi connectivity index (χ1) is 6.19. The average Bonchev–Trinajstić information content (AvgIpc) is 2.11. The quantitative estimate of drug-likeness (QED) is 0.648. The normalized spacial score (nSPS) is 8.92. The molecule has 0 aliphatic rings. The fourth-order valence-electron chi connectivity index (χ4n) is 1.32. The minimum absolute atomic E-state index is 0.377. The molecule has 0 aliphatic carbocycles. The number of nitrogens with zero attached hydrogens (tertiary/aromatic N) is 2. The summed E-state index contributed by atoms with van der Waals surface area (Å²) in [5.74, 6) is 0. The molecule has 0 amide bonds. The smallest absolute Gasteiger partial charge is 0.0994 e. The van der Waals surface area contributed by atoms with Crippen LogP contribution < -0.4 is 0 Å². The van der Waals surface area contributed by atoms with E-state index in [1.165, 1.54) is 0 Å². The van der Waals surface area contributed by atoms with Gasteiger partial charge in [0.1, 0.15) is 0 Å². The Hall–Kier alpha value is -1.80. The number of hydrogen-bond donors (Lipinski definition) is 0. The van der Waals surface area contributed by atoms with Crippen LogP contribution in [0, 0.1) is 36.5 Å². The van der Waals surface area contributed by atoms with Crippen molar-refractivity contribution >= 4 is 0 Å². The summed E-state index contributed by atoms with van der Waals surface area (Å²) in [5.41, 5.74) is 3.59. The Balaban J connectivity index is 3.31. The maximum Gasteiger partial charge on any atom is 0.0994 e. The number of rotatable bonds is 1. The molecule has 1 aromatic rings. The molecule has 0 heterocycles. The lowest BCUT2D eigenvalue weighted by atomic mass is 9.98. The highest BCUT2D eigenvalue weighted by Gasteiger charge is 2.04. The van der Waals surface area contributed by atoms with Gasteiger partial charge in [-0.05, 0) is 36.6 Å². The molecule has 64 valence electrons. The molecular formula is C11H10N2. The zero-order valence-corrected chi connectivity index (χ0v) is 7.76. The van der Waals surface area contributed by atoms with Crippen molar-refractivity contribution in [3.8, 4) is 12.1 Å². The molecule has 0 fully saturated rings. The van der Waals surface area contributed by atoms with Gasteiger partial charge < -0.3 is 0 Å². The van der Waals surface area contributed by atoms with E-state index in [4.69, 9.17) is 10.5 Å². The molecule has 2 heteroatoms. The molecule has 0 bridgehead atoms. The van der Waals surface area contributed by atoms with E-state index in [9.17, 15) is 0 Å². The minimum atomic E-state index is 0.377. The number of hydrogen-bond acceptors (Lipinski definition) is 2. The van der Waals surface area contributed by atoms with Gasteiger partial charge in [0.05, 0.1) is 24.1 Å². The first kappa shape index (κ1) is 9.29. The van der Waals surface area contributed by atoms with Crippen LogP contribution in [0.2, 0.25) is 0 Å². The number of aryl methyl sites for hydroxylation is 1. The molecular weight excluding hydrogens is 160 g/mol. The van der Waals surface area contributed by atoms with E-state index in [0.717, 1.165) is 16.7 Å². The molecule has 1 rings (SSSR count). The first-order valence-electron chi connectivity index (χ1n) is 4.06. The molecule has 0 aromatic heterocycles. The molecule has 1 aromatic carbocycles. The molecule has 0 radical (unpaired) electrons. The van der Waals surface area contributed by atoms with Crippen molar-refractivity contribution in [3.05, 3.63) is 34.4 Å². The zero-order valence-electron chi connectivity index (χ0n) is 7.76. The van der Waals surface area contributed by atoms with Gasteiger partial charge in [-0.1, -0.05) is 6.07 Å². The van der Waals surface area contributed by atoms with Gasteiger partial charge in [0.15, 0.2) is 0 Å². The van der Waals surface area contributed by atoms with E-state index < -0.39 is 0 Å². The molecule has 0 saturated carbocycles. The van der Waals surface area contributed by atoms with Crippen LogP contribution >= 0.6 is 0 Å². The Morgan fingerprint density at radius 1 is 1.23 bits per heavy atom. The number of nitriles is 2. The first-order valence-corrected chi connectivity index (χ1v) is 4.06. The zero-order chi connectivity index (χ0) is 9.84. The van der Waals surface area contributed by atoms with Crippen molar-refractivity contribution in [3.63, 3.8) is 0 Å². The highest BCUT2D eigenvalue weighted by molar-refractivity contribution is 5.45. The van der Waals surface area contributed by atoms with Crippen molar-refractivity contribution in [1.82, 2.24) is 0 Å². The summed E-state index contributed by atoms with van der Waals surface area (Å²) >= 11 is 0. The van der Waals surface area contributed by atoms with Crippen molar-refractivity contribution in [2.75, 3.05) is 0 Å². The van der Waals surface area contributed by atoms with Gasteiger partial charge in [0, 0.05) is 0 Å². The van der Waals surface area contributed by atoms with Crippen LogP contribution in [-0.2, 0) is 6.42 Å². The van der Waals surface area contributed by atoms with Crippen molar-refractivity contribution < 1.29 is 0 Å². The lowest BCUT2D eigenvalue weighted by Gasteiger charge is -2.04. The van der Waals surface area contributed by atoms with Crippen molar-refractivity contribution in [2.45, 2.75) is 20.3 Å². The second-order valence-corrected chi connectivity index (χ2v) is 3.04. The SMILES string of the molecule is Cc1cc(C#N)c(C)c(CC#N)c1. The van der Waals surface area contributed by atoms with Crippen LogP contribution in [0.4, 0.5) is 0 Å². The minimum Gasteiger partial charge on any atom is -0.198 e. The largest absolute Gasteiger partial charge is 0.198 e. The van der Waals surface area contributed by atoms with E-state index in [0.29, 0.717) is 12.0 Å². The fourth-order valence-corrected chi connectivity index (χ4v) is 1.32. The molecule has 13 heavy (non-hydrogen) atoms. The Labute approximate surface area is 78.0 Å². The van der Waals surface area contributed by atoms with Gasteiger partial charge in [0.2, 0.25) is 0 Å². The summed E-state index contributed by atoms with van der Waals surface area (Å²) in [4.78, 5) is 0. The molecule has 0 unspecified atom stereocenters. The molecule has 0 aliphatic heterocycles. The van der Waals surface area contributed by atoms with Crippen LogP contribution in [0.15, 0.2) is 12.1 Å². The number of benzene rings is 1. The van der Waals surface area contributed by atoms with Crippen molar-refractivity contribution in [2.24, 2.45) is 0 Å². The molecule has 0 spiro atoms. The van der Waals surface area contributed by atoms with Gasteiger partial charge in [-0.3, -0.25) is 0 Å². The Morgan fingerprint density at radius 3 is 2.46 bits per heavy atom. The lowest BCUT2D eigenvalue weighted by Crippen LogP contribution is -1.93. The van der Waals surface area contributed by atoms with E-state index in [1.807, 2.05) is 26.0 Å². The summed E-state index contributed by atoms with van der Waals surface area (Å²) in [6, 6.07) is 8.02. The average molecular weight is 170 g/mol. The van der Waals surface area contributed by atoms with Gasteiger partial charge in [-0.15, -0.1) is 0 Å². The van der Waals surface area contributed by atoms with Crippen LogP contribution in [0.5, 0.6) is 0 Å². The maximum atomic E-state index is 8.80. The van der Waals surface area contributed by atoms with Crippen LogP contribution in [0.1, 0.15) is 22.3 Å². The monoisotopic (exact) mass is 170 g/mol. The third-order valence-corrected chi connectivity index (χ3v) is 2.05. The third kappa shape index (κ3) is 1.86. The van der Waals surface area contributed by atoms with E-state index in [2.05, 4.69) is 12.1 Å². The molecule has 0 atom stereocenters. The van der Waals surface area contributed by atoms with Gasteiger partial charge >= 0.3 is 0 Å². The fraction of sp³-hybridized carbons (Fsp3) is 0.273. The van der Waals surface area contributed by atoms with Crippen LogP contribution in [-0.4, -0.2) is 0 Å². The molecule has 2 nitrogen and oxygen atoms in total. The predicted molar refractivity (Wildman–Crippen MR) is 49.9 cm³/mol. The Bertz CT molecular complexity index is 405. The van der Waals surface area contributed by atoms with E-state index in [-0.39, 0.29) is 0 Å². The van der Waals surface area contributed by atoms with Crippen molar-refractivity contribution in [1.29, 1.82) is 10.5 Å². The highest BCUT2D eigenvalue weighted by Crippen LogP contribution is 2.16. The topological polar surface area (TPSA) is 47.6 Å². The van der Waals surface area contributed by atoms with Crippen LogP contribution in [0.25, 0.3) is 0 Å². The Morgan fingerprint density at radius 2 is 1.92 bits per heavy atom. The van der Waals surface area contributed by atoms with Gasteiger partial charge in [0.25, 0.3) is 0 Å². The molecule has 0 N–H and O–H groups in total. The summed E-state index contributed by atoms with van der Waals surface area (Å²) in [7, 11) is 0. The van der Waals surface area contributed by atoms with Gasteiger partial charge in [-0.2, -0.15) is 10.5 Å². The molecule has 0 saturated heterocycles. The summed E-state index contributed by atoms with van der Waals surface area (Å²) in [6.45, 7) is 3.81. The van der Waals surface area contributed by atoms with Gasteiger partial charge in [-0.25, -0.2) is 0 Å². The van der Waals surface area contributed by atoms with Crippen LogP contribution in [0.3, 0.4) is 0 Å². The summed E-state index contributed by atoms with van der Waals surface area (Å²) in [5, 5.41) is 17.4. The second-order valence-electron chi connectivity index (χ2n) is 3.04. The third-order valence-electron chi connectivity index (χ3n) is 2.05. The maximum absolute atomic E-state index is 8.80. The summed E-state index contributed by atoms with van der Waals surface area (Å²) < 4.78 is 0. The van der Waals surface area contributed by atoms with E-state index in [1.54, 1.807) is 0 Å².